The summed E-state index contributed by atoms with van der Waals surface area (Å²) in [6.07, 6.45) is 4.62. The van der Waals surface area contributed by atoms with E-state index in [0.717, 1.165) is 44.1 Å². The maximum absolute atomic E-state index is 14.8. The zero-order chi connectivity index (χ0) is 25.8. The largest absolute Gasteiger partial charge is 0.347 e. The van der Waals surface area contributed by atoms with Gasteiger partial charge in [-0.1, -0.05) is 6.07 Å². The molecule has 2 saturated carbocycles. The van der Waals surface area contributed by atoms with Crippen LogP contribution in [0.5, 0.6) is 0 Å². The molecule has 2 aliphatic carbocycles. The van der Waals surface area contributed by atoms with E-state index in [1.165, 1.54) is 29.2 Å². The summed E-state index contributed by atoms with van der Waals surface area (Å²) in [5.41, 5.74) is -0.234. The molecule has 5 rings (SSSR count). The molecule has 10 heteroatoms. The number of hydrogen-bond donors (Lipinski definition) is 1. The first kappa shape index (κ1) is 24.4. The number of likely N-dealkylation sites (tertiary alicyclic amines) is 1. The van der Waals surface area contributed by atoms with E-state index in [0.29, 0.717) is 6.42 Å². The number of halogens is 2. The molecule has 3 aliphatic rings. The molecular weight excluding hydrogens is 488 g/mol. The molecule has 36 heavy (non-hydrogen) atoms. The van der Waals surface area contributed by atoms with E-state index in [-0.39, 0.29) is 33.9 Å². The van der Waals surface area contributed by atoms with Gasteiger partial charge in [0.1, 0.15) is 23.7 Å². The highest BCUT2D eigenvalue weighted by atomic mass is 32.2. The number of rotatable bonds is 6. The first-order valence-corrected chi connectivity index (χ1v) is 13.8. The SMILES string of the molecule is CS(=O)(=O)c1cccc(C(=O)N2[C@@H](C(=O)N[C@@H](c3cc(F)c(C#N)cc3F)C3CC3)C[C@H]3CC[C@H]32)c1. The van der Waals surface area contributed by atoms with Gasteiger partial charge in [0.25, 0.3) is 5.91 Å². The van der Waals surface area contributed by atoms with Crippen LogP contribution in [0.4, 0.5) is 8.78 Å². The van der Waals surface area contributed by atoms with Crippen molar-refractivity contribution in [3.63, 3.8) is 0 Å². The Labute approximate surface area is 208 Å². The van der Waals surface area contributed by atoms with Crippen molar-refractivity contribution >= 4 is 21.7 Å². The van der Waals surface area contributed by atoms with Crippen LogP contribution < -0.4 is 5.32 Å². The van der Waals surface area contributed by atoms with E-state index >= 15 is 0 Å². The van der Waals surface area contributed by atoms with E-state index in [1.807, 2.05) is 0 Å². The van der Waals surface area contributed by atoms with Gasteiger partial charge in [-0.25, -0.2) is 17.2 Å². The molecule has 2 aromatic carbocycles. The summed E-state index contributed by atoms with van der Waals surface area (Å²) in [6.45, 7) is 0. The number of nitrogens with zero attached hydrogens (tertiary/aromatic N) is 2. The topological polar surface area (TPSA) is 107 Å². The summed E-state index contributed by atoms with van der Waals surface area (Å²) in [5.74, 6) is -2.39. The number of benzene rings is 2. The lowest BCUT2D eigenvalue weighted by Crippen LogP contribution is -2.51. The van der Waals surface area contributed by atoms with Crippen LogP contribution in [0.15, 0.2) is 41.3 Å². The summed E-state index contributed by atoms with van der Waals surface area (Å²) in [5, 5.41) is 11.8. The van der Waals surface area contributed by atoms with Crippen LogP contribution in [-0.4, -0.2) is 43.5 Å². The summed E-state index contributed by atoms with van der Waals surface area (Å²) in [7, 11) is -3.52. The Morgan fingerprint density at radius 3 is 2.47 bits per heavy atom. The molecule has 2 aromatic rings. The summed E-state index contributed by atoms with van der Waals surface area (Å²) in [4.78, 5) is 28.6. The molecule has 0 unspecified atom stereocenters. The maximum Gasteiger partial charge on any atom is 0.254 e. The number of carbonyl (C=O) groups is 2. The molecule has 1 saturated heterocycles. The Bertz CT molecular complexity index is 1400. The number of hydrogen-bond acceptors (Lipinski definition) is 5. The van der Waals surface area contributed by atoms with E-state index in [4.69, 9.17) is 5.26 Å². The highest BCUT2D eigenvalue weighted by Crippen LogP contribution is 2.46. The van der Waals surface area contributed by atoms with Crippen LogP contribution in [-0.2, 0) is 14.6 Å². The molecular formula is C26H25F2N3O4S. The van der Waals surface area contributed by atoms with Gasteiger partial charge in [-0.3, -0.25) is 9.59 Å². The molecule has 4 atom stereocenters. The second-order valence-electron chi connectivity index (χ2n) is 9.96. The molecule has 0 bridgehead atoms. The number of sulfone groups is 1. The van der Waals surface area contributed by atoms with Crippen molar-refractivity contribution in [2.75, 3.05) is 6.26 Å². The lowest BCUT2D eigenvalue weighted by molar-refractivity contribution is -0.126. The van der Waals surface area contributed by atoms with Crippen LogP contribution in [0, 0.1) is 34.8 Å². The predicted molar refractivity (Wildman–Crippen MR) is 125 cm³/mol. The van der Waals surface area contributed by atoms with Crippen molar-refractivity contribution < 1.29 is 26.8 Å². The highest BCUT2D eigenvalue weighted by Gasteiger charge is 2.52. The Kier molecular flexibility index (Phi) is 6.07. The highest BCUT2D eigenvalue weighted by molar-refractivity contribution is 7.90. The predicted octanol–water partition coefficient (Wildman–Crippen LogP) is 3.50. The van der Waals surface area contributed by atoms with Crippen LogP contribution >= 0.6 is 0 Å². The zero-order valence-corrected chi connectivity index (χ0v) is 20.4. The Hall–Kier alpha value is -3.32. The molecule has 1 aliphatic heterocycles. The van der Waals surface area contributed by atoms with Crippen LogP contribution in [0.2, 0.25) is 0 Å². The Morgan fingerprint density at radius 2 is 1.86 bits per heavy atom. The molecule has 0 aromatic heterocycles. The minimum absolute atomic E-state index is 0.0120. The number of fused-ring (bicyclic) bond motifs is 1. The zero-order valence-electron chi connectivity index (χ0n) is 19.6. The molecule has 1 N–H and O–H groups in total. The van der Waals surface area contributed by atoms with Gasteiger partial charge in [0.05, 0.1) is 16.5 Å². The average molecular weight is 514 g/mol. The minimum atomic E-state index is -3.52. The van der Waals surface area contributed by atoms with Gasteiger partial charge in [0.2, 0.25) is 5.91 Å². The molecule has 7 nitrogen and oxygen atoms in total. The van der Waals surface area contributed by atoms with E-state index in [2.05, 4.69) is 5.32 Å². The van der Waals surface area contributed by atoms with Crippen molar-refractivity contribution in [1.29, 1.82) is 5.26 Å². The summed E-state index contributed by atoms with van der Waals surface area (Å²) in [6, 6.07) is 7.48. The first-order chi connectivity index (χ1) is 17.1. The third kappa shape index (κ3) is 4.37. The number of nitriles is 1. The van der Waals surface area contributed by atoms with Crippen molar-refractivity contribution in [3.8, 4) is 6.07 Å². The lowest BCUT2D eigenvalue weighted by atomic mass is 9.80. The second kappa shape index (κ2) is 8.96. The number of amides is 2. The van der Waals surface area contributed by atoms with Crippen molar-refractivity contribution in [1.82, 2.24) is 10.2 Å². The number of carbonyl (C=O) groups excluding carboxylic acids is 2. The summed E-state index contributed by atoms with van der Waals surface area (Å²) < 4.78 is 53.1. The molecule has 2 amide bonds. The fourth-order valence-electron chi connectivity index (χ4n) is 5.37. The molecule has 0 radical (unpaired) electrons. The fourth-order valence-corrected chi connectivity index (χ4v) is 6.04. The van der Waals surface area contributed by atoms with Crippen molar-refractivity contribution in [2.24, 2.45) is 11.8 Å². The monoisotopic (exact) mass is 513 g/mol. The third-order valence-electron chi connectivity index (χ3n) is 7.58. The van der Waals surface area contributed by atoms with Gasteiger partial charge in [0.15, 0.2) is 9.84 Å². The van der Waals surface area contributed by atoms with E-state index in [9.17, 15) is 26.8 Å². The minimum Gasteiger partial charge on any atom is -0.347 e. The molecule has 188 valence electrons. The first-order valence-electron chi connectivity index (χ1n) is 11.9. The van der Waals surface area contributed by atoms with Gasteiger partial charge in [-0.15, -0.1) is 0 Å². The fraction of sp³-hybridized carbons (Fsp3) is 0.423. The normalized spacial score (nSPS) is 23.8. The Morgan fingerprint density at radius 1 is 1.11 bits per heavy atom. The van der Waals surface area contributed by atoms with Gasteiger partial charge >= 0.3 is 0 Å². The Balaban J connectivity index is 1.42. The number of nitrogens with one attached hydrogen (secondary N) is 1. The van der Waals surface area contributed by atoms with Gasteiger partial charge < -0.3 is 10.2 Å². The van der Waals surface area contributed by atoms with Gasteiger partial charge in [-0.05, 0) is 74.3 Å². The molecule has 3 fully saturated rings. The van der Waals surface area contributed by atoms with Crippen molar-refractivity contribution in [2.45, 2.75) is 55.1 Å². The van der Waals surface area contributed by atoms with Gasteiger partial charge in [0, 0.05) is 23.4 Å². The standard InChI is InChI=1S/C26H25F2N3O4S/c1-36(34,35)18-4-2-3-16(9-18)26(33)31-22-8-7-15(22)11-23(31)25(32)30-24(14-5-6-14)19-12-20(27)17(13-29)10-21(19)28/h2-4,9-10,12,14-15,22-24H,5-8,11H2,1H3,(H,30,32)/t15-,22-,23-,24-/m1/s1. The van der Waals surface area contributed by atoms with E-state index in [1.54, 1.807) is 6.07 Å². The quantitative estimate of drug-likeness (QED) is 0.636. The van der Waals surface area contributed by atoms with Crippen LogP contribution in [0.1, 0.15) is 59.6 Å². The van der Waals surface area contributed by atoms with Gasteiger partial charge in [-0.2, -0.15) is 5.26 Å². The molecule has 0 spiro atoms. The molecule has 1 heterocycles. The average Bonchev–Trinajstić information content (AvgIpc) is 3.63. The lowest BCUT2D eigenvalue weighted by Gasteiger charge is -2.37. The smallest absolute Gasteiger partial charge is 0.254 e. The third-order valence-corrected chi connectivity index (χ3v) is 8.69. The van der Waals surface area contributed by atoms with Crippen LogP contribution in [0.25, 0.3) is 0 Å². The van der Waals surface area contributed by atoms with Crippen molar-refractivity contribution in [3.05, 3.63) is 64.7 Å². The summed E-state index contributed by atoms with van der Waals surface area (Å²) >= 11 is 0. The maximum atomic E-state index is 14.8. The second-order valence-corrected chi connectivity index (χ2v) is 12.0. The van der Waals surface area contributed by atoms with E-state index < -0.39 is 50.9 Å². The van der Waals surface area contributed by atoms with Crippen LogP contribution in [0.3, 0.4) is 0 Å².